The Morgan fingerprint density at radius 1 is 1.33 bits per heavy atom. The molecule has 82 valence electrons. The van der Waals surface area contributed by atoms with Gasteiger partial charge in [-0.25, -0.2) is 4.39 Å². The maximum atomic E-state index is 14.0. The summed E-state index contributed by atoms with van der Waals surface area (Å²) in [5.74, 6) is 0. The molecule has 1 aromatic carbocycles. The predicted molar refractivity (Wildman–Crippen MR) is 60.6 cm³/mol. The number of halogens is 1. The lowest BCUT2D eigenvalue weighted by molar-refractivity contribution is 0.218. The molecule has 0 bridgehead atoms. The highest BCUT2D eigenvalue weighted by molar-refractivity contribution is 5.34. The first-order chi connectivity index (χ1) is 7.09. The molecule has 0 spiro atoms. The van der Waals surface area contributed by atoms with Crippen molar-refractivity contribution in [2.24, 2.45) is 0 Å². The summed E-state index contributed by atoms with van der Waals surface area (Å²) < 4.78 is 14.0. The first-order valence-electron chi connectivity index (χ1n) is 5.61. The molecule has 1 saturated heterocycles. The van der Waals surface area contributed by atoms with Crippen LogP contribution in [-0.4, -0.2) is 6.54 Å². The minimum atomic E-state index is -1.25. The zero-order valence-corrected chi connectivity index (χ0v) is 9.39. The van der Waals surface area contributed by atoms with Crippen LogP contribution in [0.2, 0.25) is 0 Å². The topological polar surface area (TPSA) is 12.0 Å². The Hall–Kier alpha value is -0.890. The summed E-state index contributed by atoms with van der Waals surface area (Å²) >= 11 is 0. The first-order valence-corrected chi connectivity index (χ1v) is 5.61. The second kappa shape index (κ2) is 3.93. The summed E-state index contributed by atoms with van der Waals surface area (Å²) in [4.78, 5) is 0. The molecule has 0 saturated carbocycles. The molecule has 2 heteroatoms. The van der Waals surface area contributed by atoms with Crippen molar-refractivity contribution in [3.8, 4) is 0 Å². The van der Waals surface area contributed by atoms with Crippen LogP contribution in [0.15, 0.2) is 24.3 Å². The van der Waals surface area contributed by atoms with Crippen LogP contribution in [0.25, 0.3) is 0 Å². The van der Waals surface area contributed by atoms with Crippen LogP contribution in [0.5, 0.6) is 0 Å². The fourth-order valence-electron chi connectivity index (χ4n) is 2.29. The van der Waals surface area contributed by atoms with Crippen molar-refractivity contribution in [1.29, 1.82) is 0 Å². The molecule has 1 atom stereocenters. The van der Waals surface area contributed by atoms with Crippen LogP contribution in [-0.2, 0) is 5.67 Å². The van der Waals surface area contributed by atoms with Crippen LogP contribution in [0.3, 0.4) is 0 Å². The van der Waals surface area contributed by atoms with Gasteiger partial charge in [0.15, 0.2) is 0 Å². The fraction of sp³-hybridized carbons (Fsp3) is 0.538. The number of nitrogens with one attached hydrogen (secondary N) is 1. The second-order valence-corrected chi connectivity index (χ2v) is 4.71. The summed E-state index contributed by atoms with van der Waals surface area (Å²) in [7, 11) is 0. The first kappa shape index (κ1) is 10.6. The van der Waals surface area contributed by atoms with Crippen LogP contribution < -0.4 is 5.32 Å². The van der Waals surface area contributed by atoms with Crippen molar-refractivity contribution in [2.75, 3.05) is 6.54 Å². The Balaban J connectivity index is 2.37. The maximum Gasteiger partial charge on any atom is 0.130 e. The van der Waals surface area contributed by atoms with E-state index in [-0.39, 0.29) is 0 Å². The molecule has 15 heavy (non-hydrogen) atoms. The molecular weight excluding hydrogens is 189 g/mol. The van der Waals surface area contributed by atoms with Gasteiger partial charge in [0.25, 0.3) is 0 Å². The molecule has 0 unspecified atom stereocenters. The zero-order chi connectivity index (χ0) is 10.9. The summed E-state index contributed by atoms with van der Waals surface area (Å²) in [6.45, 7) is 4.30. The lowest BCUT2D eigenvalue weighted by Gasteiger charge is -2.22. The quantitative estimate of drug-likeness (QED) is 0.784. The van der Waals surface area contributed by atoms with E-state index in [1.54, 1.807) is 13.8 Å². The number of rotatable bonds is 2. The fourth-order valence-corrected chi connectivity index (χ4v) is 2.29. The summed E-state index contributed by atoms with van der Waals surface area (Å²) in [5.41, 5.74) is 0.702. The van der Waals surface area contributed by atoms with Crippen LogP contribution in [0.4, 0.5) is 4.39 Å². The maximum absolute atomic E-state index is 14.0. The van der Waals surface area contributed by atoms with Crippen molar-refractivity contribution < 1.29 is 4.39 Å². The van der Waals surface area contributed by atoms with Crippen molar-refractivity contribution in [1.82, 2.24) is 5.32 Å². The zero-order valence-electron chi connectivity index (χ0n) is 9.39. The van der Waals surface area contributed by atoms with E-state index in [0.717, 1.165) is 24.1 Å². The van der Waals surface area contributed by atoms with Crippen LogP contribution in [0.1, 0.15) is 43.9 Å². The van der Waals surface area contributed by atoms with Crippen LogP contribution >= 0.6 is 0 Å². The average molecular weight is 207 g/mol. The van der Waals surface area contributed by atoms with E-state index >= 15 is 0 Å². The van der Waals surface area contributed by atoms with Crippen molar-refractivity contribution >= 4 is 0 Å². The van der Waals surface area contributed by atoms with Gasteiger partial charge in [-0.3, -0.25) is 0 Å². The van der Waals surface area contributed by atoms with Crippen LogP contribution in [0, 0.1) is 0 Å². The highest BCUT2D eigenvalue weighted by Crippen LogP contribution is 2.33. The lowest BCUT2D eigenvalue weighted by atomic mass is 9.90. The molecule has 1 N–H and O–H groups in total. The van der Waals surface area contributed by atoms with Gasteiger partial charge >= 0.3 is 0 Å². The minimum absolute atomic E-state index is 0.344. The Bertz CT molecular complexity index is 335. The Morgan fingerprint density at radius 2 is 2.07 bits per heavy atom. The molecule has 0 aliphatic carbocycles. The summed E-state index contributed by atoms with van der Waals surface area (Å²) in [6.07, 6.45) is 2.30. The van der Waals surface area contributed by atoms with Gasteiger partial charge in [-0.05, 0) is 44.4 Å². The third kappa shape index (κ3) is 2.20. The molecule has 1 heterocycles. The lowest BCUT2D eigenvalue weighted by Crippen LogP contribution is -2.19. The van der Waals surface area contributed by atoms with Gasteiger partial charge in [-0.15, -0.1) is 0 Å². The average Bonchev–Trinajstić information content (AvgIpc) is 2.69. The van der Waals surface area contributed by atoms with E-state index in [0.29, 0.717) is 6.04 Å². The molecule has 0 aromatic heterocycles. The molecule has 1 aliphatic heterocycles. The third-order valence-corrected chi connectivity index (χ3v) is 3.04. The second-order valence-electron chi connectivity index (χ2n) is 4.71. The smallest absolute Gasteiger partial charge is 0.130 e. The number of hydrogen-bond donors (Lipinski definition) is 1. The predicted octanol–water partition coefficient (Wildman–Crippen LogP) is 3.32. The number of alkyl halides is 1. The highest BCUT2D eigenvalue weighted by Gasteiger charge is 2.26. The Kier molecular flexibility index (Phi) is 2.79. The third-order valence-electron chi connectivity index (χ3n) is 3.04. The Morgan fingerprint density at radius 3 is 2.67 bits per heavy atom. The minimum Gasteiger partial charge on any atom is -0.310 e. The molecule has 1 aliphatic rings. The van der Waals surface area contributed by atoms with Gasteiger partial charge in [0.1, 0.15) is 5.67 Å². The molecule has 2 rings (SSSR count). The summed E-state index contributed by atoms with van der Waals surface area (Å²) in [6, 6.07) is 8.19. The van der Waals surface area contributed by atoms with E-state index in [4.69, 9.17) is 0 Å². The van der Waals surface area contributed by atoms with Gasteiger partial charge in [0.05, 0.1) is 0 Å². The van der Waals surface area contributed by atoms with Crippen molar-refractivity contribution in [2.45, 2.75) is 38.4 Å². The van der Waals surface area contributed by atoms with E-state index in [1.807, 2.05) is 24.3 Å². The van der Waals surface area contributed by atoms with Gasteiger partial charge in [0.2, 0.25) is 0 Å². The van der Waals surface area contributed by atoms with Gasteiger partial charge in [0, 0.05) is 6.04 Å². The normalized spacial score (nSPS) is 21.9. The highest BCUT2D eigenvalue weighted by atomic mass is 19.1. The van der Waals surface area contributed by atoms with E-state index in [2.05, 4.69) is 5.32 Å². The van der Waals surface area contributed by atoms with E-state index in [1.165, 1.54) is 6.42 Å². The number of hydrogen-bond acceptors (Lipinski definition) is 1. The Labute approximate surface area is 90.7 Å². The number of benzene rings is 1. The SMILES string of the molecule is CC(C)(F)c1ccccc1[C@@H]1CCCN1. The van der Waals surface area contributed by atoms with Crippen molar-refractivity contribution in [3.05, 3.63) is 35.4 Å². The largest absolute Gasteiger partial charge is 0.310 e. The molecular formula is C13H18FN. The van der Waals surface area contributed by atoms with Crippen molar-refractivity contribution in [3.63, 3.8) is 0 Å². The standard InChI is InChI=1S/C13H18FN/c1-13(2,14)11-7-4-3-6-10(11)12-8-5-9-15-12/h3-4,6-7,12,15H,5,8-9H2,1-2H3/t12-/m0/s1. The summed E-state index contributed by atoms with van der Waals surface area (Å²) in [5, 5.41) is 3.42. The molecule has 1 nitrogen and oxygen atoms in total. The van der Waals surface area contributed by atoms with Gasteiger partial charge < -0.3 is 5.32 Å². The molecule has 1 fully saturated rings. The molecule has 1 aromatic rings. The molecule has 0 amide bonds. The monoisotopic (exact) mass is 207 g/mol. The van der Waals surface area contributed by atoms with E-state index < -0.39 is 5.67 Å². The van der Waals surface area contributed by atoms with E-state index in [9.17, 15) is 4.39 Å². The molecule has 0 radical (unpaired) electrons. The van der Waals surface area contributed by atoms with Gasteiger partial charge in [-0.2, -0.15) is 0 Å². The van der Waals surface area contributed by atoms with Gasteiger partial charge in [-0.1, -0.05) is 24.3 Å².